The molecule has 1 saturated heterocycles. The molecule has 0 amide bonds. The van der Waals surface area contributed by atoms with Crippen LogP contribution >= 0.6 is 35.3 Å². The molecule has 1 aromatic carbocycles. The lowest BCUT2D eigenvalue weighted by Gasteiger charge is -2.27. The van der Waals surface area contributed by atoms with Gasteiger partial charge in [-0.3, -0.25) is 9.89 Å². The second-order valence-electron chi connectivity index (χ2n) is 6.79. The molecule has 0 aliphatic carbocycles. The van der Waals surface area contributed by atoms with Gasteiger partial charge in [-0.05, 0) is 54.9 Å². The molecule has 1 aromatic heterocycles. The number of guanidine groups is 1. The Morgan fingerprint density at radius 1 is 1.04 bits per heavy atom. The van der Waals surface area contributed by atoms with Gasteiger partial charge in [0, 0.05) is 31.6 Å². The molecule has 0 saturated carbocycles. The molecule has 27 heavy (non-hydrogen) atoms. The average Bonchev–Trinajstić information content (AvgIpc) is 3.20. The van der Waals surface area contributed by atoms with Crippen molar-refractivity contribution < 1.29 is 0 Å². The number of thiophene rings is 1. The fourth-order valence-electron chi connectivity index (χ4n) is 3.40. The highest BCUT2D eigenvalue weighted by Gasteiger charge is 2.12. The van der Waals surface area contributed by atoms with Crippen LogP contribution in [-0.4, -0.2) is 37.5 Å². The van der Waals surface area contributed by atoms with E-state index >= 15 is 0 Å². The van der Waals surface area contributed by atoms with Crippen molar-refractivity contribution in [3.63, 3.8) is 0 Å². The molecule has 6 heteroatoms. The van der Waals surface area contributed by atoms with Crippen molar-refractivity contribution in [2.24, 2.45) is 4.99 Å². The zero-order chi connectivity index (χ0) is 18.0. The predicted octanol–water partition coefficient (Wildman–Crippen LogP) is 4.26. The summed E-state index contributed by atoms with van der Waals surface area (Å²) in [5.41, 5.74) is 2.79. The van der Waals surface area contributed by atoms with Gasteiger partial charge in [-0.2, -0.15) is 0 Å². The first-order valence-electron chi connectivity index (χ1n) is 9.61. The van der Waals surface area contributed by atoms with Gasteiger partial charge in [0.05, 0.1) is 0 Å². The van der Waals surface area contributed by atoms with Crippen molar-refractivity contribution in [2.45, 2.75) is 38.8 Å². The van der Waals surface area contributed by atoms with E-state index in [9.17, 15) is 0 Å². The molecule has 1 aliphatic rings. The van der Waals surface area contributed by atoms with Crippen molar-refractivity contribution in [1.29, 1.82) is 0 Å². The van der Waals surface area contributed by atoms with E-state index in [4.69, 9.17) is 0 Å². The number of aliphatic imine (C=N–C) groups is 1. The zero-order valence-corrected chi connectivity index (χ0v) is 19.3. The largest absolute Gasteiger partial charge is 0.356 e. The molecule has 0 radical (unpaired) electrons. The number of hydrogen-bond donors (Lipinski definition) is 2. The number of rotatable bonds is 7. The molecule has 0 bridgehead atoms. The van der Waals surface area contributed by atoms with E-state index in [0.717, 1.165) is 32.0 Å². The number of likely N-dealkylation sites (tertiary alicyclic amines) is 1. The minimum absolute atomic E-state index is 0. The van der Waals surface area contributed by atoms with Crippen molar-refractivity contribution in [3.05, 3.63) is 57.8 Å². The van der Waals surface area contributed by atoms with Crippen molar-refractivity contribution >= 4 is 41.3 Å². The Morgan fingerprint density at radius 2 is 1.81 bits per heavy atom. The molecule has 0 spiro atoms. The van der Waals surface area contributed by atoms with Crippen LogP contribution in [0.2, 0.25) is 0 Å². The lowest BCUT2D eigenvalue weighted by molar-refractivity contribution is 0.220. The summed E-state index contributed by atoms with van der Waals surface area (Å²) >= 11 is 1.81. The number of benzene rings is 1. The lowest BCUT2D eigenvalue weighted by atomic mass is 10.0. The standard InChI is InChI=1S/C21H30N4S.HI/c1-22-21(23-12-11-20-10-7-15-26-20)24-16-18-8-3-4-9-19(18)17-25-13-5-2-6-14-25;/h3-4,7-10,15H,2,5-6,11-14,16-17H2,1H3,(H2,22,23,24);1H. The molecule has 2 aromatic rings. The summed E-state index contributed by atoms with van der Waals surface area (Å²) in [5.74, 6) is 0.870. The SMILES string of the molecule is CN=C(NCCc1cccs1)NCc1ccccc1CN1CCCCC1.I. The first-order valence-corrected chi connectivity index (χ1v) is 10.5. The third-order valence-corrected chi connectivity index (χ3v) is 5.81. The minimum Gasteiger partial charge on any atom is -0.356 e. The monoisotopic (exact) mass is 498 g/mol. The van der Waals surface area contributed by atoms with Crippen molar-refractivity contribution in [3.8, 4) is 0 Å². The Labute approximate surface area is 184 Å². The maximum atomic E-state index is 4.35. The number of nitrogens with zero attached hydrogens (tertiary/aromatic N) is 2. The number of piperidine rings is 1. The van der Waals surface area contributed by atoms with Gasteiger partial charge in [-0.25, -0.2) is 0 Å². The fourth-order valence-corrected chi connectivity index (χ4v) is 4.11. The topological polar surface area (TPSA) is 39.7 Å². The van der Waals surface area contributed by atoms with Crippen LogP contribution in [0.5, 0.6) is 0 Å². The van der Waals surface area contributed by atoms with Crippen LogP contribution in [0.1, 0.15) is 35.3 Å². The van der Waals surface area contributed by atoms with Crippen molar-refractivity contribution in [2.75, 3.05) is 26.7 Å². The Kier molecular flexibility index (Phi) is 10.2. The van der Waals surface area contributed by atoms with Gasteiger partial charge in [-0.1, -0.05) is 36.8 Å². The zero-order valence-electron chi connectivity index (χ0n) is 16.1. The minimum atomic E-state index is 0. The van der Waals surface area contributed by atoms with Gasteiger partial charge in [-0.15, -0.1) is 35.3 Å². The van der Waals surface area contributed by atoms with Crippen LogP contribution < -0.4 is 10.6 Å². The van der Waals surface area contributed by atoms with E-state index in [1.54, 1.807) is 11.3 Å². The molecule has 4 nitrogen and oxygen atoms in total. The Bertz CT molecular complexity index is 681. The molecular formula is C21H31IN4S. The molecule has 2 heterocycles. The highest BCUT2D eigenvalue weighted by Crippen LogP contribution is 2.16. The lowest BCUT2D eigenvalue weighted by Crippen LogP contribution is -2.38. The second kappa shape index (κ2) is 12.4. The number of nitrogens with one attached hydrogen (secondary N) is 2. The molecule has 0 unspecified atom stereocenters. The third kappa shape index (κ3) is 7.43. The van der Waals surface area contributed by atoms with E-state index in [2.05, 4.69) is 62.3 Å². The third-order valence-electron chi connectivity index (χ3n) is 4.87. The van der Waals surface area contributed by atoms with Crippen LogP contribution in [0.3, 0.4) is 0 Å². The smallest absolute Gasteiger partial charge is 0.191 e. The van der Waals surface area contributed by atoms with Gasteiger partial charge >= 0.3 is 0 Å². The molecule has 148 valence electrons. The predicted molar refractivity (Wildman–Crippen MR) is 127 cm³/mol. The summed E-state index contributed by atoms with van der Waals surface area (Å²) in [6.07, 6.45) is 5.08. The number of hydrogen-bond acceptors (Lipinski definition) is 3. The molecule has 1 fully saturated rings. The summed E-state index contributed by atoms with van der Waals surface area (Å²) in [4.78, 5) is 8.34. The quantitative estimate of drug-likeness (QED) is 0.341. The van der Waals surface area contributed by atoms with E-state index < -0.39 is 0 Å². The maximum absolute atomic E-state index is 4.35. The van der Waals surface area contributed by atoms with Gasteiger partial charge in [0.2, 0.25) is 0 Å². The van der Waals surface area contributed by atoms with Crippen LogP contribution in [0.15, 0.2) is 46.8 Å². The molecule has 1 aliphatic heterocycles. The fraction of sp³-hybridized carbons (Fsp3) is 0.476. The van der Waals surface area contributed by atoms with Crippen LogP contribution in [-0.2, 0) is 19.5 Å². The van der Waals surface area contributed by atoms with Crippen LogP contribution in [0.25, 0.3) is 0 Å². The van der Waals surface area contributed by atoms with Crippen LogP contribution in [0, 0.1) is 0 Å². The second-order valence-corrected chi connectivity index (χ2v) is 7.82. The van der Waals surface area contributed by atoms with Gasteiger partial charge in [0.1, 0.15) is 0 Å². The molecular weight excluding hydrogens is 467 g/mol. The summed E-state index contributed by atoms with van der Waals surface area (Å²) in [5, 5.41) is 9.01. The number of halogens is 1. The Morgan fingerprint density at radius 3 is 2.52 bits per heavy atom. The van der Waals surface area contributed by atoms with Gasteiger partial charge in [0.15, 0.2) is 5.96 Å². The van der Waals surface area contributed by atoms with E-state index in [0.29, 0.717) is 0 Å². The molecule has 2 N–H and O–H groups in total. The highest BCUT2D eigenvalue weighted by atomic mass is 127. The van der Waals surface area contributed by atoms with E-state index in [1.165, 1.54) is 48.4 Å². The Balaban J connectivity index is 0.00000261. The van der Waals surface area contributed by atoms with Crippen LogP contribution in [0.4, 0.5) is 0 Å². The summed E-state index contributed by atoms with van der Waals surface area (Å²) in [6, 6.07) is 13.1. The van der Waals surface area contributed by atoms with Crippen molar-refractivity contribution in [1.82, 2.24) is 15.5 Å². The average molecular weight is 498 g/mol. The Hall–Kier alpha value is -1.12. The first kappa shape index (κ1) is 22.2. The summed E-state index contributed by atoms with van der Waals surface area (Å²) in [6.45, 7) is 5.22. The van der Waals surface area contributed by atoms with Gasteiger partial charge < -0.3 is 10.6 Å². The van der Waals surface area contributed by atoms with E-state index in [-0.39, 0.29) is 24.0 Å². The summed E-state index contributed by atoms with van der Waals surface area (Å²) in [7, 11) is 1.83. The molecule has 0 atom stereocenters. The summed E-state index contributed by atoms with van der Waals surface area (Å²) < 4.78 is 0. The maximum Gasteiger partial charge on any atom is 0.191 e. The molecule has 3 rings (SSSR count). The first-order chi connectivity index (χ1) is 12.8. The highest BCUT2D eigenvalue weighted by molar-refractivity contribution is 14.0. The van der Waals surface area contributed by atoms with E-state index in [1.807, 2.05) is 7.05 Å². The normalized spacial score (nSPS) is 15.2. The van der Waals surface area contributed by atoms with Gasteiger partial charge in [0.25, 0.3) is 0 Å².